The number of hydrogen-bond acceptors (Lipinski definition) is 4. The number of ether oxygens (including phenoxy) is 1. The van der Waals surface area contributed by atoms with Crippen LogP contribution in [0.3, 0.4) is 0 Å². The molecular weight excluding hydrogens is 370 g/mol. The van der Waals surface area contributed by atoms with Crippen molar-refractivity contribution in [2.45, 2.75) is 39.0 Å². The SMILES string of the molecule is CCC(C)c1ccccc1N1CC(C(=O)N2CCCN(C(=O)OC)CC2)CC1=O. The molecule has 1 aromatic rings. The van der Waals surface area contributed by atoms with Crippen molar-refractivity contribution in [3.63, 3.8) is 0 Å². The van der Waals surface area contributed by atoms with Crippen molar-refractivity contribution in [3.05, 3.63) is 29.8 Å². The third kappa shape index (κ3) is 4.54. The van der Waals surface area contributed by atoms with Crippen LogP contribution >= 0.6 is 0 Å². The van der Waals surface area contributed by atoms with Crippen LogP contribution in [0.15, 0.2) is 24.3 Å². The van der Waals surface area contributed by atoms with Gasteiger partial charge >= 0.3 is 6.09 Å². The number of hydrogen-bond donors (Lipinski definition) is 0. The predicted octanol–water partition coefficient (Wildman–Crippen LogP) is 2.85. The smallest absolute Gasteiger partial charge is 0.409 e. The molecule has 2 heterocycles. The first-order chi connectivity index (χ1) is 14.0. The second-order valence-corrected chi connectivity index (χ2v) is 7.91. The van der Waals surface area contributed by atoms with Crippen molar-refractivity contribution in [2.24, 2.45) is 5.92 Å². The molecule has 2 aliphatic heterocycles. The van der Waals surface area contributed by atoms with Gasteiger partial charge in [-0.3, -0.25) is 9.59 Å². The molecule has 2 saturated heterocycles. The molecule has 158 valence electrons. The van der Waals surface area contributed by atoms with Gasteiger partial charge in [-0.25, -0.2) is 4.79 Å². The maximum absolute atomic E-state index is 13.1. The van der Waals surface area contributed by atoms with Gasteiger partial charge in [0.15, 0.2) is 0 Å². The van der Waals surface area contributed by atoms with E-state index in [9.17, 15) is 14.4 Å². The zero-order chi connectivity index (χ0) is 21.0. The Bertz CT molecular complexity index is 766. The van der Waals surface area contributed by atoms with Gasteiger partial charge in [-0.2, -0.15) is 0 Å². The van der Waals surface area contributed by atoms with E-state index in [2.05, 4.69) is 19.9 Å². The number of rotatable bonds is 4. The normalized spacial score (nSPS) is 21.1. The largest absolute Gasteiger partial charge is 0.453 e. The summed E-state index contributed by atoms with van der Waals surface area (Å²) in [6.45, 7) is 6.82. The summed E-state index contributed by atoms with van der Waals surface area (Å²) in [5.74, 6) is 0.0273. The maximum atomic E-state index is 13.1. The highest BCUT2D eigenvalue weighted by atomic mass is 16.5. The lowest BCUT2D eigenvalue weighted by atomic mass is 9.96. The van der Waals surface area contributed by atoms with E-state index in [0.29, 0.717) is 45.1 Å². The minimum Gasteiger partial charge on any atom is -0.453 e. The zero-order valence-electron chi connectivity index (χ0n) is 17.6. The van der Waals surface area contributed by atoms with Crippen LogP contribution in [0.1, 0.15) is 44.6 Å². The number of amides is 3. The van der Waals surface area contributed by atoms with Crippen LogP contribution in [0, 0.1) is 5.92 Å². The fourth-order valence-electron chi connectivity index (χ4n) is 4.18. The Morgan fingerprint density at radius 1 is 1.14 bits per heavy atom. The summed E-state index contributed by atoms with van der Waals surface area (Å²) in [7, 11) is 1.37. The highest BCUT2D eigenvalue weighted by Crippen LogP contribution is 2.34. The Hall–Kier alpha value is -2.57. The van der Waals surface area contributed by atoms with Gasteiger partial charge in [0.05, 0.1) is 13.0 Å². The molecule has 0 N–H and O–H groups in total. The van der Waals surface area contributed by atoms with Crippen molar-refractivity contribution in [2.75, 3.05) is 44.7 Å². The Balaban J connectivity index is 1.69. The third-order valence-electron chi connectivity index (χ3n) is 6.09. The first-order valence-electron chi connectivity index (χ1n) is 10.5. The topological polar surface area (TPSA) is 70.2 Å². The lowest BCUT2D eigenvalue weighted by Gasteiger charge is -2.25. The molecule has 0 saturated carbocycles. The van der Waals surface area contributed by atoms with Crippen molar-refractivity contribution in [1.29, 1.82) is 0 Å². The number of carbonyl (C=O) groups excluding carboxylic acids is 3. The lowest BCUT2D eigenvalue weighted by molar-refractivity contribution is -0.135. The molecular formula is C22H31N3O4. The summed E-state index contributed by atoms with van der Waals surface area (Å²) >= 11 is 0. The second-order valence-electron chi connectivity index (χ2n) is 7.91. The number of para-hydroxylation sites is 1. The molecule has 1 aromatic carbocycles. The first kappa shape index (κ1) is 21.1. The summed E-state index contributed by atoms with van der Waals surface area (Å²) in [6, 6.07) is 7.99. The fourth-order valence-corrected chi connectivity index (χ4v) is 4.18. The average Bonchev–Trinajstić information content (AvgIpc) is 2.97. The summed E-state index contributed by atoms with van der Waals surface area (Å²) in [4.78, 5) is 42.8. The van der Waals surface area contributed by atoms with Gasteiger partial charge < -0.3 is 19.4 Å². The van der Waals surface area contributed by atoms with Crippen molar-refractivity contribution < 1.29 is 19.1 Å². The summed E-state index contributed by atoms with van der Waals surface area (Å²) in [6.07, 6.45) is 1.59. The Labute approximate surface area is 172 Å². The van der Waals surface area contributed by atoms with Crippen molar-refractivity contribution in [3.8, 4) is 0 Å². The summed E-state index contributed by atoms with van der Waals surface area (Å²) in [5, 5.41) is 0. The molecule has 0 bridgehead atoms. The number of methoxy groups -OCH3 is 1. The van der Waals surface area contributed by atoms with E-state index in [1.54, 1.807) is 14.7 Å². The highest BCUT2D eigenvalue weighted by molar-refractivity contribution is 6.01. The molecule has 0 radical (unpaired) electrons. The van der Waals surface area contributed by atoms with Crippen LogP contribution in [0.2, 0.25) is 0 Å². The van der Waals surface area contributed by atoms with E-state index < -0.39 is 0 Å². The minimum atomic E-state index is -0.358. The van der Waals surface area contributed by atoms with Gasteiger partial charge in [0.2, 0.25) is 11.8 Å². The van der Waals surface area contributed by atoms with Gasteiger partial charge in [-0.05, 0) is 30.4 Å². The van der Waals surface area contributed by atoms with Crippen LogP contribution in [-0.4, -0.2) is 67.5 Å². The van der Waals surface area contributed by atoms with Gasteiger partial charge in [-0.1, -0.05) is 32.0 Å². The second kappa shape index (κ2) is 9.29. The highest BCUT2D eigenvalue weighted by Gasteiger charge is 2.38. The Morgan fingerprint density at radius 2 is 1.83 bits per heavy atom. The van der Waals surface area contributed by atoms with Crippen LogP contribution < -0.4 is 4.90 Å². The molecule has 0 aliphatic carbocycles. The molecule has 2 aliphatic rings. The molecule has 0 aromatic heterocycles. The molecule has 7 heteroatoms. The monoisotopic (exact) mass is 401 g/mol. The summed E-state index contributed by atoms with van der Waals surface area (Å²) < 4.78 is 4.79. The molecule has 2 atom stereocenters. The average molecular weight is 402 g/mol. The van der Waals surface area contributed by atoms with Gasteiger partial charge in [0, 0.05) is 44.8 Å². The molecule has 2 fully saturated rings. The molecule has 29 heavy (non-hydrogen) atoms. The van der Waals surface area contributed by atoms with Crippen molar-refractivity contribution >= 4 is 23.6 Å². The first-order valence-corrected chi connectivity index (χ1v) is 10.5. The van der Waals surface area contributed by atoms with Gasteiger partial charge in [-0.15, -0.1) is 0 Å². The number of anilines is 1. The van der Waals surface area contributed by atoms with Crippen LogP contribution in [0.25, 0.3) is 0 Å². The van der Waals surface area contributed by atoms with E-state index >= 15 is 0 Å². The minimum absolute atomic E-state index is 0.00473. The predicted molar refractivity (Wildman–Crippen MR) is 111 cm³/mol. The Morgan fingerprint density at radius 3 is 2.55 bits per heavy atom. The molecule has 3 rings (SSSR count). The lowest BCUT2D eigenvalue weighted by Crippen LogP contribution is -2.40. The van der Waals surface area contributed by atoms with Gasteiger partial charge in [0.25, 0.3) is 0 Å². The maximum Gasteiger partial charge on any atom is 0.409 e. The number of carbonyl (C=O) groups is 3. The van der Waals surface area contributed by atoms with E-state index in [1.807, 2.05) is 18.2 Å². The fraction of sp³-hybridized carbons (Fsp3) is 0.591. The molecule has 7 nitrogen and oxygen atoms in total. The standard InChI is InChI=1S/C22H31N3O4/c1-4-16(2)18-8-5-6-9-19(18)25-15-17(14-20(25)26)21(27)23-10-7-11-24(13-12-23)22(28)29-3/h5-6,8-9,16-17H,4,7,10-15H2,1-3H3. The quantitative estimate of drug-likeness (QED) is 0.778. The van der Waals surface area contributed by atoms with Crippen molar-refractivity contribution in [1.82, 2.24) is 9.80 Å². The molecule has 3 amide bonds. The van der Waals surface area contributed by atoms with Crippen LogP contribution in [-0.2, 0) is 14.3 Å². The van der Waals surface area contributed by atoms with E-state index in [1.165, 1.54) is 7.11 Å². The number of nitrogens with zero attached hydrogens (tertiary/aromatic N) is 3. The zero-order valence-corrected chi connectivity index (χ0v) is 17.6. The van der Waals surface area contributed by atoms with Crippen LogP contribution in [0.4, 0.5) is 10.5 Å². The summed E-state index contributed by atoms with van der Waals surface area (Å²) in [5.41, 5.74) is 2.08. The number of benzene rings is 1. The van der Waals surface area contributed by atoms with Crippen LogP contribution in [0.5, 0.6) is 0 Å². The van der Waals surface area contributed by atoms with E-state index in [0.717, 1.165) is 17.7 Å². The molecule has 2 unspecified atom stereocenters. The van der Waals surface area contributed by atoms with E-state index in [-0.39, 0.29) is 30.2 Å². The van der Waals surface area contributed by atoms with E-state index in [4.69, 9.17) is 4.74 Å². The molecule has 0 spiro atoms. The third-order valence-corrected chi connectivity index (χ3v) is 6.09. The Kier molecular flexibility index (Phi) is 6.77. The van der Waals surface area contributed by atoms with Gasteiger partial charge in [0.1, 0.15) is 0 Å².